The number of aromatic nitrogens is 2. The fraction of sp³-hybridized carbons (Fsp3) is 0.368. The van der Waals surface area contributed by atoms with Crippen molar-refractivity contribution in [3.63, 3.8) is 0 Å². The van der Waals surface area contributed by atoms with Crippen molar-refractivity contribution in [2.45, 2.75) is 38.9 Å². The van der Waals surface area contributed by atoms with Gasteiger partial charge in [-0.25, -0.2) is 4.98 Å². The molecular formula is C19H22N4O3S. The van der Waals surface area contributed by atoms with Gasteiger partial charge in [0.1, 0.15) is 0 Å². The third-order valence-corrected chi connectivity index (χ3v) is 5.59. The summed E-state index contributed by atoms with van der Waals surface area (Å²) in [5.74, 6) is -0.0199. The van der Waals surface area contributed by atoms with Crippen LogP contribution in [0.1, 0.15) is 25.1 Å². The first-order chi connectivity index (χ1) is 12.9. The van der Waals surface area contributed by atoms with Crippen LogP contribution in [0, 0.1) is 12.8 Å². The first-order valence-electron chi connectivity index (χ1n) is 8.80. The van der Waals surface area contributed by atoms with Gasteiger partial charge in [-0.05, 0) is 37.6 Å². The van der Waals surface area contributed by atoms with E-state index in [4.69, 9.17) is 0 Å². The van der Waals surface area contributed by atoms with E-state index < -0.39 is 0 Å². The van der Waals surface area contributed by atoms with Crippen LogP contribution in [0.25, 0.3) is 0 Å². The Kier molecular flexibility index (Phi) is 5.65. The average molecular weight is 386 g/mol. The molecule has 1 aliphatic rings. The topological polar surface area (TPSA) is 93.1 Å². The van der Waals surface area contributed by atoms with Gasteiger partial charge in [0.2, 0.25) is 11.8 Å². The quantitative estimate of drug-likeness (QED) is 0.788. The molecule has 0 bridgehead atoms. The molecule has 8 heteroatoms. The Hall–Kier alpha value is -2.61. The summed E-state index contributed by atoms with van der Waals surface area (Å²) in [5, 5.41) is 6.24. The third-order valence-electron chi connectivity index (χ3n) is 4.45. The fourth-order valence-corrected chi connectivity index (χ4v) is 4.17. The normalized spacial score (nSPS) is 15.7. The van der Waals surface area contributed by atoms with E-state index >= 15 is 0 Å². The molecule has 0 spiro atoms. The molecule has 3 rings (SSSR count). The smallest absolute Gasteiger partial charge is 0.257 e. The number of anilines is 2. The summed E-state index contributed by atoms with van der Waals surface area (Å²) in [6.45, 7) is 5.56. The molecule has 2 N–H and O–H groups in total. The lowest BCUT2D eigenvalue weighted by Gasteiger charge is -2.25. The van der Waals surface area contributed by atoms with Gasteiger partial charge in [-0.2, -0.15) is 0 Å². The van der Waals surface area contributed by atoms with E-state index in [2.05, 4.69) is 15.6 Å². The van der Waals surface area contributed by atoms with Crippen molar-refractivity contribution >= 4 is 35.0 Å². The van der Waals surface area contributed by atoms with Crippen LogP contribution in [-0.4, -0.2) is 27.1 Å². The number of rotatable bonds is 4. The van der Waals surface area contributed by atoms with E-state index in [0.29, 0.717) is 40.8 Å². The van der Waals surface area contributed by atoms with Crippen molar-refractivity contribution in [1.82, 2.24) is 9.55 Å². The molecule has 0 aliphatic carbocycles. The molecule has 7 nitrogen and oxygen atoms in total. The minimum atomic E-state index is -0.315. The highest BCUT2D eigenvalue weighted by atomic mass is 32.2. The Morgan fingerprint density at radius 1 is 1.22 bits per heavy atom. The second-order valence-corrected chi connectivity index (χ2v) is 7.47. The molecule has 0 fully saturated rings. The molecular weight excluding hydrogens is 364 g/mol. The number of nitrogens with one attached hydrogen (secondary N) is 2. The molecule has 1 unspecified atom stereocenters. The lowest BCUT2D eigenvalue weighted by Crippen LogP contribution is -2.38. The number of thioether (sulfide) groups is 1. The maximum atomic E-state index is 12.7. The van der Waals surface area contributed by atoms with Gasteiger partial charge in [-0.1, -0.05) is 18.7 Å². The lowest BCUT2D eigenvalue weighted by molar-refractivity contribution is -0.119. The monoisotopic (exact) mass is 386 g/mol. The number of carbonyl (C=O) groups excluding carboxylic acids is 2. The molecule has 0 radical (unpaired) electrons. The molecule has 1 aromatic carbocycles. The number of carbonyl (C=O) groups is 2. The minimum Gasteiger partial charge on any atom is -0.326 e. The summed E-state index contributed by atoms with van der Waals surface area (Å²) < 4.78 is 1.62. The summed E-state index contributed by atoms with van der Waals surface area (Å²) in [7, 11) is 0. The van der Waals surface area contributed by atoms with Crippen LogP contribution < -0.4 is 16.2 Å². The van der Waals surface area contributed by atoms with Gasteiger partial charge in [-0.15, -0.1) is 0 Å². The maximum Gasteiger partial charge on any atom is 0.257 e. The largest absolute Gasteiger partial charge is 0.326 e. The van der Waals surface area contributed by atoms with Crippen LogP contribution in [-0.2, 0) is 22.6 Å². The van der Waals surface area contributed by atoms with Crippen LogP contribution in [0.5, 0.6) is 0 Å². The van der Waals surface area contributed by atoms with Gasteiger partial charge in [-0.3, -0.25) is 19.0 Å². The van der Waals surface area contributed by atoms with E-state index in [1.807, 2.05) is 13.8 Å². The minimum absolute atomic E-state index is 0.0512. The van der Waals surface area contributed by atoms with Crippen molar-refractivity contribution in [3.05, 3.63) is 45.9 Å². The fourth-order valence-electron chi connectivity index (χ4n) is 3.05. The van der Waals surface area contributed by atoms with Crippen molar-refractivity contribution in [1.29, 1.82) is 0 Å². The van der Waals surface area contributed by atoms with Gasteiger partial charge < -0.3 is 10.6 Å². The molecule has 1 atom stereocenters. The molecule has 142 valence electrons. The van der Waals surface area contributed by atoms with E-state index in [9.17, 15) is 14.4 Å². The first-order valence-corrected chi connectivity index (χ1v) is 9.79. The molecule has 27 heavy (non-hydrogen) atoms. The molecule has 0 saturated heterocycles. The molecule has 0 saturated carbocycles. The zero-order valence-electron chi connectivity index (χ0n) is 15.5. The van der Waals surface area contributed by atoms with Crippen molar-refractivity contribution in [3.8, 4) is 0 Å². The zero-order valence-corrected chi connectivity index (χ0v) is 16.4. The molecule has 1 aliphatic heterocycles. The number of amides is 2. The molecule has 2 heterocycles. The van der Waals surface area contributed by atoms with Gasteiger partial charge in [0.25, 0.3) is 5.56 Å². The van der Waals surface area contributed by atoms with E-state index in [1.165, 1.54) is 18.7 Å². The number of nitrogens with zero attached hydrogens (tertiary/aromatic N) is 2. The molecule has 2 amide bonds. The summed E-state index contributed by atoms with van der Waals surface area (Å²) >= 11 is 1.44. The standard InChI is InChI=1S/C19H22N4O3S/c1-4-16-11(2)20-19-23(18(16)26)9-13(10-27-19)17(25)22-15-7-5-14(6-8-15)21-12(3)24/h5-8,13H,4,9-10H2,1-3H3,(H,21,24)(H,22,25). The highest BCUT2D eigenvalue weighted by molar-refractivity contribution is 7.99. The Labute approximate surface area is 161 Å². The highest BCUT2D eigenvalue weighted by Crippen LogP contribution is 2.27. The van der Waals surface area contributed by atoms with Crippen LogP contribution in [0.3, 0.4) is 0 Å². The van der Waals surface area contributed by atoms with Crippen LogP contribution in [0.4, 0.5) is 11.4 Å². The van der Waals surface area contributed by atoms with E-state index in [-0.39, 0.29) is 23.3 Å². The number of hydrogen-bond acceptors (Lipinski definition) is 5. The summed E-state index contributed by atoms with van der Waals surface area (Å²) in [6, 6.07) is 6.93. The highest BCUT2D eigenvalue weighted by Gasteiger charge is 2.28. The van der Waals surface area contributed by atoms with Crippen molar-refractivity contribution in [2.24, 2.45) is 5.92 Å². The van der Waals surface area contributed by atoms with Gasteiger partial charge in [0, 0.05) is 41.9 Å². The predicted molar refractivity (Wildman–Crippen MR) is 106 cm³/mol. The van der Waals surface area contributed by atoms with Gasteiger partial charge >= 0.3 is 0 Å². The van der Waals surface area contributed by atoms with E-state index in [1.54, 1.807) is 28.8 Å². The van der Waals surface area contributed by atoms with Crippen molar-refractivity contribution in [2.75, 3.05) is 16.4 Å². The van der Waals surface area contributed by atoms with Crippen LogP contribution in [0.15, 0.2) is 34.2 Å². The second kappa shape index (κ2) is 7.96. The summed E-state index contributed by atoms with van der Waals surface area (Å²) in [6.07, 6.45) is 0.625. The SMILES string of the molecule is CCc1c(C)nc2n(c1=O)CC(C(=O)Nc1ccc(NC(C)=O)cc1)CS2. The van der Waals surface area contributed by atoms with Gasteiger partial charge in [0.15, 0.2) is 5.16 Å². The van der Waals surface area contributed by atoms with Crippen LogP contribution in [0.2, 0.25) is 0 Å². The predicted octanol–water partition coefficient (Wildman–Crippen LogP) is 2.43. The number of aryl methyl sites for hydroxylation is 1. The van der Waals surface area contributed by atoms with Gasteiger partial charge in [0.05, 0.1) is 5.92 Å². The summed E-state index contributed by atoms with van der Waals surface area (Å²) in [5.41, 5.74) is 2.73. The summed E-state index contributed by atoms with van der Waals surface area (Å²) in [4.78, 5) is 40.9. The Morgan fingerprint density at radius 2 is 1.85 bits per heavy atom. The third kappa shape index (κ3) is 4.21. The van der Waals surface area contributed by atoms with E-state index in [0.717, 1.165) is 5.69 Å². The Bertz CT molecular complexity index is 937. The maximum absolute atomic E-state index is 12.7. The zero-order chi connectivity index (χ0) is 19.6. The van der Waals surface area contributed by atoms with Crippen molar-refractivity contribution < 1.29 is 9.59 Å². The number of fused-ring (bicyclic) bond motifs is 1. The Morgan fingerprint density at radius 3 is 2.44 bits per heavy atom. The number of hydrogen-bond donors (Lipinski definition) is 2. The Balaban J connectivity index is 1.72. The second-order valence-electron chi connectivity index (χ2n) is 6.48. The average Bonchev–Trinajstić information content (AvgIpc) is 2.63. The van der Waals surface area contributed by atoms with Crippen LogP contribution >= 0.6 is 11.8 Å². The number of benzene rings is 1. The molecule has 1 aromatic heterocycles. The first kappa shape index (κ1) is 19.2. The lowest BCUT2D eigenvalue weighted by atomic mass is 10.1. The molecule has 2 aromatic rings.